The van der Waals surface area contributed by atoms with Crippen LogP contribution in [0.25, 0.3) is 0 Å². The SMILES string of the molecule is Cc1cc(C#CCCCCC=O)ccc1C=O. The summed E-state index contributed by atoms with van der Waals surface area (Å²) in [6.07, 6.45) is 5.08. The monoisotopic (exact) mass is 228 g/mol. The Morgan fingerprint density at radius 1 is 1.24 bits per heavy atom. The number of hydrogen-bond donors (Lipinski definition) is 0. The van der Waals surface area contributed by atoms with Gasteiger partial charge in [-0.3, -0.25) is 4.79 Å². The minimum absolute atomic E-state index is 0.620. The molecule has 2 heteroatoms. The number of unbranched alkanes of at least 4 members (excludes halogenated alkanes) is 3. The molecule has 0 saturated heterocycles. The zero-order valence-electron chi connectivity index (χ0n) is 10.0. The summed E-state index contributed by atoms with van der Waals surface area (Å²) >= 11 is 0. The Morgan fingerprint density at radius 2 is 2.06 bits per heavy atom. The summed E-state index contributed by atoms with van der Waals surface area (Å²) in [4.78, 5) is 20.7. The van der Waals surface area contributed by atoms with E-state index in [4.69, 9.17) is 0 Å². The predicted molar refractivity (Wildman–Crippen MR) is 68.0 cm³/mol. The molecule has 0 N–H and O–H groups in total. The Labute approximate surface area is 102 Å². The molecule has 2 nitrogen and oxygen atoms in total. The summed E-state index contributed by atoms with van der Waals surface area (Å²) in [5.41, 5.74) is 2.60. The van der Waals surface area contributed by atoms with E-state index in [9.17, 15) is 9.59 Å². The molecule has 1 aromatic rings. The topological polar surface area (TPSA) is 34.1 Å². The molecule has 0 aliphatic rings. The first kappa shape index (κ1) is 13.2. The number of rotatable bonds is 5. The molecule has 0 saturated carbocycles. The summed E-state index contributed by atoms with van der Waals surface area (Å²) in [6, 6.07) is 5.57. The van der Waals surface area contributed by atoms with E-state index in [1.807, 2.05) is 19.1 Å². The number of hydrogen-bond acceptors (Lipinski definition) is 2. The molecule has 0 amide bonds. The normalized spacial score (nSPS) is 9.24. The van der Waals surface area contributed by atoms with E-state index in [-0.39, 0.29) is 0 Å². The van der Waals surface area contributed by atoms with Crippen molar-refractivity contribution in [2.75, 3.05) is 0 Å². The maximum Gasteiger partial charge on any atom is 0.150 e. The second kappa shape index (κ2) is 7.40. The van der Waals surface area contributed by atoms with E-state index in [2.05, 4.69) is 11.8 Å². The Kier molecular flexibility index (Phi) is 5.74. The van der Waals surface area contributed by atoms with Crippen LogP contribution < -0.4 is 0 Å². The number of benzene rings is 1. The van der Waals surface area contributed by atoms with E-state index in [0.717, 1.165) is 43.0 Å². The Hall–Kier alpha value is -1.88. The summed E-state index contributed by atoms with van der Waals surface area (Å²) < 4.78 is 0. The molecule has 0 bridgehead atoms. The number of aryl methyl sites for hydroxylation is 1. The van der Waals surface area contributed by atoms with Crippen molar-refractivity contribution >= 4 is 12.6 Å². The zero-order chi connectivity index (χ0) is 12.5. The maximum absolute atomic E-state index is 10.6. The van der Waals surface area contributed by atoms with Crippen LogP contribution in [0.5, 0.6) is 0 Å². The van der Waals surface area contributed by atoms with Gasteiger partial charge >= 0.3 is 0 Å². The van der Waals surface area contributed by atoms with Crippen LogP contribution in [0.15, 0.2) is 18.2 Å². The fourth-order valence-electron chi connectivity index (χ4n) is 1.49. The Balaban J connectivity index is 2.51. The van der Waals surface area contributed by atoms with Gasteiger partial charge in [-0.1, -0.05) is 17.9 Å². The first-order valence-corrected chi connectivity index (χ1v) is 5.76. The van der Waals surface area contributed by atoms with Crippen LogP contribution in [-0.4, -0.2) is 12.6 Å². The third kappa shape index (κ3) is 4.65. The van der Waals surface area contributed by atoms with Crippen molar-refractivity contribution in [3.05, 3.63) is 34.9 Å². The molecule has 1 aromatic carbocycles. The number of aldehydes is 2. The molecule has 88 valence electrons. The van der Waals surface area contributed by atoms with Crippen LogP contribution in [0.4, 0.5) is 0 Å². The van der Waals surface area contributed by atoms with E-state index in [0.29, 0.717) is 12.0 Å². The number of carbonyl (C=O) groups excluding carboxylic acids is 2. The lowest BCUT2D eigenvalue weighted by molar-refractivity contribution is -0.107. The van der Waals surface area contributed by atoms with Crippen molar-refractivity contribution < 1.29 is 9.59 Å². The van der Waals surface area contributed by atoms with Crippen molar-refractivity contribution in [3.63, 3.8) is 0 Å². The molecular formula is C15H16O2. The molecule has 1 rings (SSSR count). The van der Waals surface area contributed by atoms with Crippen molar-refractivity contribution in [3.8, 4) is 11.8 Å². The first-order chi connectivity index (χ1) is 8.27. The largest absolute Gasteiger partial charge is 0.303 e. The number of carbonyl (C=O) groups is 2. The van der Waals surface area contributed by atoms with Gasteiger partial charge in [0.15, 0.2) is 0 Å². The highest BCUT2D eigenvalue weighted by atomic mass is 16.1. The first-order valence-electron chi connectivity index (χ1n) is 5.76. The molecule has 0 radical (unpaired) electrons. The maximum atomic E-state index is 10.6. The Bertz CT molecular complexity index is 450. The van der Waals surface area contributed by atoms with Crippen molar-refractivity contribution in [1.29, 1.82) is 0 Å². The van der Waals surface area contributed by atoms with E-state index in [1.54, 1.807) is 6.07 Å². The minimum atomic E-state index is 0.620. The fourth-order valence-corrected chi connectivity index (χ4v) is 1.49. The zero-order valence-corrected chi connectivity index (χ0v) is 10.0. The standard InChI is InChI=1S/C15H16O2/c1-13-11-14(8-9-15(13)12-17)7-5-3-2-4-6-10-16/h8-12H,2-4,6H2,1H3. The average molecular weight is 228 g/mol. The molecule has 0 aliphatic heterocycles. The van der Waals surface area contributed by atoms with Crippen LogP contribution in [-0.2, 0) is 4.79 Å². The fraction of sp³-hybridized carbons (Fsp3) is 0.333. The quantitative estimate of drug-likeness (QED) is 0.441. The van der Waals surface area contributed by atoms with Gasteiger partial charge in [-0.25, -0.2) is 0 Å². The summed E-state index contributed by atoms with van der Waals surface area (Å²) in [7, 11) is 0. The van der Waals surface area contributed by atoms with Crippen LogP contribution in [0.2, 0.25) is 0 Å². The van der Waals surface area contributed by atoms with Crippen molar-refractivity contribution in [2.45, 2.75) is 32.6 Å². The van der Waals surface area contributed by atoms with Gasteiger partial charge in [0.05, 0.1) is 0 Å². The lowest BCUT2D eigenvalue weighted by atomic mass is 10.1. The second-order valence-electron chi connectivity index (χ2n) is 3.90. The third-order valence-electron chi connectivity index (χ3n) is 2.50. The molecule has 0 fully saturated rings. The van der Waals surface area contributed by atoms with Gasteiger partial charge in [-0.2, -0.15) is 0 Å². The Morgan fingerprint density at radius 3 is 2.71 bits per heavy atom. The summed E-state index contributed by atoms with van der Waals surface area (Å²) in [5.74, 6) is 6.13. The van der Waals surface area contributed by atoms with Gasteiger partial charge in [-0.05, 0) is 37.5 Å². The minimum Gasteiger partial charge on any atom is -0.303 e. The van der Waals surface area contributed by atoms with Crippen LogP contribution >= 0.6 is 0 Å². The second-order valence-corrected chi connectivity index (χ2v) is 3.90. The molecule has 0 atom stereocenters. The molecule has 0 spiro atoms. The van der Waals surface area contributed by atoms with E-state index >= 15 is 0 Å². The lowest BCUT2D eigenvalue weighted by Crippen LogP contribution is -1.86. The van der Waals surface area contributed by atoms with Crippen molar-refractivity contribution in [2.24, 2.45) is 0 Å². The highest BCUT2D eigenvalue weighted by Crippen LogP contribution is 2.08. The van der Waals surface area contributed by atoms with E-state index < -0.39 is 0 Å². The van der Waals surface area contributed by atoms with Gasteiger partial charge in [-0.15, -0.1) is 0 Å². The van der Waals surface area contributed by atoms with Crippen molar-refractivity contribution in [1.82, 2.24) is 0 Å². The lowest BCUT2D eigenvalue weighted by Gasteiger charge is -1.97. The molecule has 0 unspecified atom stereocenters. The summed E-state index contributed by atoms with van der Waals surface area (Å²) in [6.45, 7) is 1.90. The smallest absolute Gasteiger partial charge is 0.150 e. The average Bonchev–Trinajstić information content (AvgIpc) is 2.34. The van der Waals surface area contributed by atoms with Gasteiger partial charge in [0.25, 0.3) is 0 Å². The van der Waals surface area contributed by atoms with Crippen LogP contribution in [0, 0.1) is 18.8 Å². The third-order valence-corrected chi connectivity index (χ3v) is 2.50. The van der Waals surface area contributed by atoms with Crippen LogP contribution in [0.3, 0.4) is 0 Å². The summed E-state index contributed by atoms with van der Waals surface area (Å²) in [5, 5.41) is 0. The molecule has 0 heterocycles. The molecular weight excluding hydrogens is 212 g/mol. The van der Waals surface area contributed by atoms with E-state index in [1.165, 1.54) is 0 Å². The van der Waals surface area contributed by atoms with Gasteiger partial charge in [0.1, 0.15) is 12.6 Å². The highest BCUT2D eigenvalue weighted by molar-refractivity contribution is 5.77. The highest BCUT2D eigenvalue weighted by Gasteiger charge is 1.96. The van der Waals surface area contributed by atoms with Crippen LogP contribution in [0.1, 0.15) is 47.2 Å². The predicted octanol–water partition coefficient (Wildman–Crippen LogP) is 2.92. The van der Waals surface area contributed by atoms with Gasteiger partial charge in [0.2, 0.25) is 0 Å². The molecule has 0 aromatic heterocycles. The van der Waals surface area contributed by atoms with Gasteiger partial charge < -0.3 is 4.79 Å². The molecule has 0 aliphatic carbocycles. The van der Waals surface area contributed by atoms with Gasteiger partial charge in [0, 0.05) is 24.0 Å². The molecule has 17 heavy (non-hydrogen) atoms.